The largest absolute Gasteiger partial charge is 0.388 e. The van der Waals surface area contributed by atoms with Gasteiger partial charge in [-0.2, -0.15) is 0 Å². The van der Waals surface area contributed by atoms with Crippen molar-refractivity contribution in [2.75, 3.05) is 20.1 Å². The van der Waals surface area contributed by atoms with Crippen LogP contribution in [-0.4, -0.2) is 41.8 Å². The average Bonchev–Trinajstić information content (AvgIpc) is 2.02. The first-order valence-electron chi connectivity index (χ1n) is 4.93. The molecule has 0 fully saturated rings. The lowest BCUT2D eigenvalue weighted by atomic mass is 10.0. The van der Waals surface area contributed by atoms with E-state index in [4.69, 9.17) is 5.73 Å². The summed E-state index contributed by atoms with van der Waals surface area (Å²) >= 11 is 0. The summed E-state index contributed by atoms with van der Waals surface area (Å²) in [5.41, 5.74) is 4.69. The molecule has 0 saturated carbocycles. The SMILES string of the molecule is CC(C)C(C)N(C)CC(C)(O)CN. The topological polar surface area (TPSA) is 49.5 Å². The first-order valence-corrected chi connectivity index (χ1v) is 4.93. The Labute approximate surface area is 81.9 Å². The van der Waals surface area contributed by atoms with E-state index < -0.39 is 5.60 Å². The Morgan fingerprint density at radius 2 is 1.85 bits per heavy atom. The summed E-state index contributed by atoms with van der Waals surface area (Å²) in [6, 6.07) is 0.470. The smallest absolute Gasteiger partial charge is 0.0867 e. The molecule has 0 aliphatic rings. The predicted octanol–water partition coefficient (Wildman–Crippen LogP) is 0.672. The standard InChI is InChI=1S/C10H24N2O/c1-8(2)9(3)12(5)7-10(4,13)6-11/h8-9,13H,6-7,11H2,1-5H3. The Hall–Kier alpha value is -0.120. The van der Waals surface area contributed by atoms with Gasteiger partial charge in [-0.05, 0) is 26.8 Å². The third-order valence-corrected chi connectivity index (χ3v) is 2.69. The molecule has 0 aromatic carbocycles. The molecule has 0 amide bonds. The van der Waals surface area contributed by atoms with E-state index >= 15 is 0 Å². The summed E-state index contributed by atoms with van der Waals surface area (Å²) in [6.45, 7) is 9.23. The summed E-state index contributed by atoms with van der Waals surface area (Å²) in [7, 11) is 2.02. The normalized spacial score (nSPS) is 19.2. The molecule has 80 valence electrons. The van der Waals surface area contributed by atoms with Crippen LogP contribution in [-0.2, 0) is 0 Å². The van der Waals surface area contributed by atoms with Gasteiger partial charge in [0.2, 0.25) is 0 Å². The molecule has 3 heteroatoms. The fourth-order valence-electron chi connectivity index (χ4n) is 1.25. The Bertz CT molecular complexity index is 146. The second kappa shape index (κ2) is 4.94. The van der Waals surface area contributed by atoms with E-state index in [1.807, 2.05) is 7.05 Å². The van der Waals surface area contributed by atoms with Crippen molar-refractivity contribution in [1.29, 1.82) is 0 Å². The highest BCUT2D eigenvalue weighted by Crippen LogP contribution is 2.11. The Balaban J connectivity index is 4.06. The molecule has 13 heavy (non-hydrogen) atoms. The molecule has 3 nitrogen and oxygen atoms in total. The van der Waals surface area contributed by atoms with Crippen LogP contribution in [0, 0.1) is 5.92 Å². The third-order valence-electron chi connectivity index (χ3n) is 2.69. The monoisotopic (exact) mass is 188 g/mol. The molecule has 0 aliphatic heterocycles. The third kappa shape index (κ3) is 4.60. The van der Waals surface area contributed by atoms with Gasteiger partial charge >= 0.3 is 0 Å². The highest BCUT2D eigenvalue weighted by atomic mass is 16.3. The molecule has 0 saturated heterocycles. The molecule has 0 bridgehead atoms. The van der Waals surface area contributed by atoms with E-state index in [0.29, 0.717) is 25.0 Å². The van der Waals surface area contributed by atoms with Gasteiger partial charge in [0.25, 0.3) is 0 Å². The molecule has 0 heterocycles. The van der Waals surface area contributed by atoms with Gasteiger partial charge in [-0.3, -0.25) is 0 Å². The van der Waals surface area contributed by atoms with Crippen molar-refractivity contribution in [3.05, 3.63) is 0 Å². The quantitative estimate of drug-likeness (QED) is 0.667. The summed E-state index contributed by atoms with van der Waals surface area (Å²) in [6.07, 6.45) is 0. The molecule has 0 aromatic rings. The summed E-state index contributed by atoms with van der Waals surface area (Å²) in [5, 5.41) is 9.76. The minimum atomic E-state index is -0.766. The average molecular weight is 188 g/mol. The van der Waals surface area contributed by atoms with Crippen LogP contribution in [0.2, 0.25) is 0 Å². The molecule has 0 aromatic heterocycles. The Kier molecular flexibility index (Phi) is 4.89. The lowest BCUT2D eigenvalue weighted by Gasteiger charge is -2.33. The molecule has 3 N–H and O–H groups in total. The lowest BCUT2D eigenvalue weighted by Crippen LogP contribution is -2.48. The molecule has 0 radical (unpaired) electrons. The van der Waals surface area contributed by atoms with E-state index in [0.717, 1.165) is 0 Å². The maximum absolute atomic E-state index is 9.76. The van der Waals surface area contributed by atoms with Gasteiger partial charge in [-0.1, -0.05) is 13.8 Å². The zero-order chi connectivity index (χ0) is 10.6. The van der Waals surface area contributed by atoms with E-state index in [1.54, 1.807) is 6.92 Å². The number of rotatable bonds is 5. The maximum atomic E-state index is 9.76. The number of nitrogens with two attached hydrogens (primary N) is 1. The summed E-state index contributed by atoms with van der Waals surface area (Å²) in [4.78, 5) is 2.15. The van der Waals surface area contributed by atoms with Crippen LogP contribution < -0.4 is 5.73 Å². The first kappa shape index (κ1) is 12.9. The molecule has 0 spiro atoms. The van der Waals surface area contributed by atoms with Crippen LogP contribution in [0.25, 0.3) is 0 Å². The first-order chi connectivity index (χ1) is 5.80. The molecular weight excluding hydrogens is 164 g/mol. The van der Waals surface area contributed by atoms with Crippen LogP contribution in [0.1, 0.15) is 27.7 Å². The Morgan fingerprint density at radius 3 is 2.15 bits per heavy atom. The van der Waals surface area contributed by atoms with Gasteiger partial charge in [0.05, 0.1) is 5.60 Å². The van der Waals surface area contributed by atoms with Crippen LogP contribution in [0.5, 0.6) is 0 Å². The van der Waals surface area contributed by atoms with E-state index in [1.165, 1.54) is 0 Å². The van der Waals surface area contributed by atoms with Crippen LogP contribution >= 0.6 is 0 Å². The van der Waals surface area contributed by atoms with Gasteiger partial charge in [-0.25, -0.2) is 0 Å². The van der Waals surface area contributed by atoms with Crippen LogP contribution in [0.15, 0.2) is 0 Å². The van der Waals surface area contributed by atoms with Gasteiger partial charge in [0.1, 0.15) is 0 Å². The molecule has 2 atom stereocenters. The molecule has 2 unspecified atom stereocenters. The Morgan fingerprint density at radius 1 is 1.38 bits per heavy atom. The number of likely N-dealkylation sites (N-methyl/N-ethyl adjacent to an activating group) is 1. The summed E-state index contributed by atoms with van der Waals surface area (Å²) < 4.78 is 0. The van der Waals surface area contributed by atoms with Gasteiger partial charge in [0.15, 0.2) is 0 Å². The second-order valence-electron chi connectivity index (χ2n) is 4.60. The highest BCUT2D eigenvalue weighted by Gasteiger charge is 2.23. The fraction of sp³-hybridized carbons (Fsp3) is 1.00. The minimum absolute atomic E-state index is 0.308. The molecular formula is C10H24N2O. The van der Waals surface area contributed by atoms with E-state index in [2.05, 4.69) is 25.7 Å². The van der Waals surface area contributed by atoms with Crippen molar-refractivity contribution >= 4 is 0 Å². The predicted molar refractivity (Wildman–Crippen MR) is 56.6 cm³/mol. The highest BCUT2D eigenvalue weighted by molar-refractivity contribution is 4.79. The van der Waals surface area contributed by atoms with Crippen molar-refractivity contribution in [2.24, 2.45) is 11.7 Å². The lowest BCUT2D eigenvalue weighted by molar-refractivity contribution is 0.0189. The summed E-state index contributed by atoms with van der Waals surface area (Å²) in [5.74, 6) is 0.596. The van der Waals surface area contributed by atoms with Gasteiger partial charge < -0.3 is 15.7 Å². The van der Waals surface area contributed by atoms with E-state index in [9.17, 15) is 5.11 Å². The second-order valence-corrected chi connectivity index (χ2v) is 4.60. The van der Waals surface area contributed by atoms with Crippen molar-refractivity contribution < 1.29 is 5.11 Å². The van der Waals surface area contributed by atoms with Crippen molar-refractivity contribution in [2.45, 2.75) is 39.3 Å². The van der Waals surface area contributed by atoms with Crippen molar-refractivity contribution in [3.63, 3.8) is 0 Å². The van der Waals surface area contributed by atoms with Gasteiger partial charge in [0, 0.05) is 19.1 Å². The van der Waals surface area contributed by atoms with Crippen molar-refractivity contribution in [3.8, 4) is 0 Å². The van der Waals surface area contributed by atoms with E-state index in [-0.39, 0.29) is 0 Å². The maximum Gasteiger partial charge on any atom is 0.0867 e. The number of aliphatic hydroxyl groups is 1. The number of nitrogens with zero attached hydrogens (tertiary/aromatic N) is 1. The fourth-order valence-corrected chi connectivity index (χ4v) is 1.25. The zero-order valence-electron chi connectivity index (χ0n) is 9.54. The van der Waals surface area contributed by atoms with Crippen molar-refractivity contribution in [1.82, 2.24) is 4.90 Å². The zero-order valence-corrected chi connectivity index (χ0v) is 9.54. The minimum Gasteiger partial charge on any atom is -0.388 e. The number of hydrogen-bond acceptors (Lipinski definition) is 3. The van der Waals surface area contributed by atoms with Crippen LogP contribution in [0.3, 0.4) is 0 Å². The molecule has 0 rings (SSSR count). The van der Waals surface area contributed by atoms with Crippen LogP contribution in [0.4, 0.5) is 0 Å². The van der Waals surface area contributed by atoms with Gasteiger partial charge in [-0.15, -0.1) is 0 Å². The number of hydrogen-bond donors (Lipinski definition) is 2. The molecule has 0 aliphatic carbocycles.